The second kappa shape index (κ2) is 22.6. The molecule has 28 heavy (non-hydrogen) atoms. The van der Waals surface area contributed by atoms with Crippen LogP contribution in [0.15, 0.2) is 0 Å². The maximum Gasteiger partial charge on any atom is 0.303 e. The molecule has 6 nitrogen and oxygen atoms in total. The Labute approximate surface area is 173 Å². The van der Waals surface area contributed by atoms with Crippen molar-refractivity contribution in [3.8, 4) is 0 Å². The molecule has 0 saturated heterocycles. The van der Waals surface area contributed by atoms with Crippen LogP contribution < -0.4 is 5.32 Å². The zero-order chi connectivity index (χ0) is 21.5. The van der Waals surface area contributed by atoms with Gasteiger partial charge in [0.1, 0.15) is 0 Å². The molecule has 0 aromatic heterocycles. The van der Waals surface area contributed by atoms with Gasteiger partial charge in [-0.15, -0.1) is 0 Å². The average Bonchev–Trinajstić information content (AvgIpc) is 2.63. The second-order valence-electron chi connectivity index (χ2n) is 7.48. The van der Waals surface area contributed by atoms with Gasteiger partial charge in [0.25, 0.3) is 10.1 Å². The molecule has 0 spiro atoms. The second-order valence-corrected chi connectivity index (χ2v) is 9.06. The van der Waals surface area contributed by atoms with Crippen LogP contribution in [0.4, 0.5) is 0 Å². The number of nitrogens with one attached hydrogen (secondary N) is 1. The van der Waals surface area contributed by atoms with Crippen LogP contribution in [0.25, 0.3) is 0 Å². The minimum atomic E-state index is -3.75. The molecule has 0 aromatic rings. The molecule has 0 fully saturated rings. The van der Waals surface area contributed by atoms with E-state index < -0.39 is 16.1 Å². The Hall–Kier alpha value is -0.660. The topological polar surface area (TPSA) is 104 Å². The van der Waals surface area contributed by atoms with E-state index in [1.54, 1.807) is 7.05 Å². The fraction of sp³-hybridized carbons (Fsp3) is 0.952. The summed E-state index contributed by atoms with van der Waals surface area (Å²) in [7, 11) is -2.13. The molecule has 0 aromatic carbocycles. The lowest BCUT2D eigenvalue weighted by Crippen LogP contribution is -2.18. The standard InChI is InChI=1S/C18H36O2.C3H9NO3S/c1-2-3-4-5-6-7-8-9-10-11-12-13-14-15-16-17-18(19)20;1-4-2-3-8(5,6)7/h2-17H2,1H3,(H,19,20);4H,2-3H2,1H3,(H,5,6,7). The van der Waals surface area contributed by atoms with Gasteiger partial charge in [0, 0.05) is 13.0 Å². The number of hydrogen-bond acceptors (Lipinski definition) is 4. The van der Waals surface area contributed by atoms with Crippen LogP contribution in [0.5, 0.6) is 0 Å². The lowest BCUT2D eigenvalue weighted by molar-refractivity contribution is -0.137. The first-order valence-electron chi connectivity index (χ1n) is 11.1. The van der Waals surface area contributed by atoms with Crippen molar-refractivity contribution in [2.75, 3.05) is 19.3 Å². The smallest absolute Gasteiger partial charge is 0.303 e. The highest BCUT2D eigenvalue weighted by Crippen LogP contribution is 2.13. The van der Waals surface area contributed by atoms with Gasteiger partial charge in [0.2, 0.25) is 0 Å². The van der Waals surface area contributed by atoms with Gasteiger partial charge in [-0.1, -0.05) is 96.8 Å². The third-order valence-corrected chi connectivity index (χ3v) is 5.32. The van der Waals surface area contributed by atoms with Gasteiger partial charge >= 0.3 is 5.97 Å². The van der Waals surface area contributed by atoms with Crippen molar-refractivity contribution < 1.29 is 22.9 Å². The summed E-state index contributed by atoms with van der Waals surface area (Å²) in [6.45, 7) is 2.56. The average molecular weight is 424 g/mol. The van der Waals surface area contributed by atoms with Crippen LogP contribution >= 0.6 is 0 Å². The van der Waals surface area contributed by atoms with Gasteiger partial charge < -0.3 is 10.4 Å². The van der Waals surface area contributed by atoms with Crippen molar-refractivity contribution in [2.24, 2.45) is 0 Å². The van der Waals surface area contributed by atoms with E-state index in [0.29, 0.717) is 13.0 Å². The van der Waals surface area contributed by atoms with Gasteiger partial charge in [-0.2, -0.15) is 8.42 Å². The summed E-state index contributed by atoms with van der Waals surface area (Å²) in [5.74, 6) is -0.872. The van der Waals surface area contributed by atoms with E-state index in [2.05, 4.69) is 12.2 Å². The molecule has 0 aliphatic rings. The normalized spacial score (nSPS) is 11.1. The maximum atomic E-state index is 10.3. The summed E-state index contributed by atoms with van der Waals surface area (Å²) < 4.78 is 27.9. The Morgan fingerprint density at radius 2 is 1.11 bits per heavy atom. The molecule has 0 aliphatic heterocycles. The Kier molecular flexibility index (Phi) is 23.9. The number of carboxylic acids is 1. The van der Waals surface area contributed by atoms with Crippen molar-refractivity contribution >= 4 is 16.1 Å². The SMILES string of the molecule is CCCCCCCCCCCCCCCCCC(=O)O.CNCCS(=O)(=O)O. The van der Waals surface area contributed by atoms with E-state index in [1.807, 2.05) is 0 Å². The first kappa shape index (κ1) is 29.5. The number of aliphatic carboxylic acids is 1. The molecule has 0 atom stereocenters. The molecule has 0 amide bonds. The summed E-state index contributed by atoms with van der Waals surface area (Å²) in [6.07, 6.45) is 20.2. The van der Waals surface area contributed by atoms with Crippen LogP contribution in [-0.2, 0) is 14.9 Å². The highest BCUT2D eigenvalue weighted by Gasteiger charge is 2.00. The molecular formula is C21H45NO5S. The Bertz CT molecular complexity index is 427. The van der Waals surface area contributed by atoms with E-state index >= 15 is 0 Å². The van der Waals surface area contributed by atoms with Gasteiger partial charge in [-0.25, -0.2) is 0 Å². The van der Waals surface area contributed by atoms with Gasteiger partial charge in [-0.05, 0) is 13.5 Å². The molecule has 0 unspecified atom stereocenters. The zero-order valence-corrected chi connectivity index (χ0v) is 19.1. The molecule has 0 radical (unpaired) electrons. The molecule has 0 heterocycles. The molecule has 0 bridgehead atoms. The quantitative estimate of drug-likeness (QED) is 0.189. The fourth-order valence-electron chi connectivity index (χ4n) is 2.88. The van der Waals surface area contributed by atoms with Gasteiger partial charge in [0.15, 0.2) is 0 Å². The van der Waals surface area contributed by atoms with Crippen LogP contribution in [0.3, 0.4) is 0 Å². The number of carbonyl (C=O) groups is 1. The van der Waals surface area contributed by atoms with Crippen LogP contribution in [0.1, 0.15) is 110 Å². The summed E-state index contributed by atoms with van der Waals surface area (Å²) in [5, 5.41) is 11.1. The third-order valence-electron chi connectivity index (χ3n) is 4.60. The van der Waals surface area contributed by atoms with Gasteiger partial charge in [0.05, 0.1) is 5.75 Å². The third kappa shape index (κ3) is 33.0. The van der Waals surface area contributed by atoms with Gasteiger partial charge in [-0.3, -0.25) is 9.35 Å². The summed E-state index contributed by atoms with van der Waals surface area (Å²) in [4.78, 5) is 10.3. The summed E-state index contributed by atoms with van der Waals surface area (Å²) in [6, 6.07) is 0. The van der Waals surface area contributed by atoms with Crippen molar-refractivity contribution in [1.29, 1.82) is 0 Å². The Morgan fingerprint density at radius 1 is 0.750 bits per heavy atom. The Morgan fingerprint density at radius 3 is 1.36 bits per heavy atom. The molecule has 0 aliphatic carbocycles. The van der Waals surface area contributed by atoms with E-state index in [0.717, 1.165) is 12.8 Å². The number of unbranched alkanes of at least 4 members (excludes halogenated alkanes) is 14. The van der Waals surface area contributed by atoms with Crippen molar-refractivity contribution in [1.82, 2.24) is 5.32 Å². The van der Waals surface area contributed by atoms with Crippen molar-refractivity contribution in [3.05, 3.63) is 0 Å². The number of rotatable bonds is 19. The van der Waals surface area contributed by atoms with Crippen LogP contribution in [-0.4, -0.2) is 43.4 Å². The largest absolute Gasteiger partial charge is 0.481 e. The predicted octanol–water partition coefficient (Wildman–Crippen LogP) is 5.43. The van der Waals surface area contributed by atoms with E-state index in [4.69, 9.17) is 9.66 Å². The van der Waals surface area contributed by atoms with E-state index in [9.17, 15) is 13.2 Å². The summed E-state index contributed by atoms with van der Waals surface area (Å²) in [5.41, 5.74) is 0. The maximum absolute atomic E-state index is 10.3. The summed E-state index contributed by atoms with van der Waals surface area (Å²) >= 11 is 0. The van der Waals surface area contributed by atoms with E-state index in [-0.39, 0.29) is 5.75 Å². The van der Waals surface area contributed by atoms with Crippen LogP contribution in [0.2, 0.25) is 0 Å². The molecule has 170 valence electrons. The fourth-order valence-corrected chi connectivity index (χ4v) is 3.34. The molecule has 0 rings (SSSR count). The minimum Gasteiger partial charge on any atom is -0.481 e. The molecule has 0 saturated carbocycles. The monoisotopic (exact) mass is 423 g/mol. The van der Waals surface area contributed by atoms with Crippen molar-refractivity contribution in [3.63, 3.8) is 0 Å². The highest BCUT2D eigenvalue weighted by atomic mass is 32.2. The molecule has 3 N–H and O–H groups in total. The minimum absolute atomic E-state index is 0.219. The van der Waals surface area contributed by atoms with E-state index in [1.165, 1.54) is 83.5 Å². The first-order chi connectivity index (χ1) is 13.3. The lowest BCUT2D eigenvalue weighted by atomic mass is 10.0. The lowest BCUT2D eigenvalue weighted by Gasteiger charge is -2.03. The van der Waals surface area contributed by atoms with Crippen LogP contribution in [0, 0.1) is 0 Å². The molecular weight excluding hydrogens is 378 g/mol. The number of hydrogen-bond donors (Lipinski definition) is 3. The molecule has 7 heteroatoms. The number of carboxylic acid groups (broad SMARTS) is 1. The first-order valence-corrected chi connectivity index (χ1v) is 12.8. The highest BCUT2D eigenvalue weighted by molar-refractivity contribution is 7.85. The Balaban J connectivity index is 0. The van der Waals surface area contributed by atoms with Crippen molar-refractivity contribution in [2.45, 2.75) is 110 Å². The predicted molar refractivity (Wildman–Crippen MR) is 118 cm³/mol. The zero-order valence-electron chi connectivity index (χ0n) is 18.3.